The predicted octanol–water partition coefficient (Wildman–Crippen LogP) is 3.43. The standard InChI is InChI=1S/C18H19N3O/c1-13(22)15-8-5-9-16(12-15)21-18(20)11-10-17(19)14-6-3-2-4-7-14/h2-12,21-22H,1,19-20H2/b17-10-,18-11+. The summed E-state index contributed by atoms with van der Waals surface area (Å²) in [7, 11) is 0. The highest BCUT2D eigenvalue weighted by atomic mass is 16.3. The molecule has 0 saturated heterocycles. The number of aliphatic hydroxyl groups excluding tert-OH is 1. The monoisotopic (exact) mass is 293 g/mol. The Bertz CT molecular complexity index is 718. The fourth-order valence-electron chi connectivity index (χ4n) is 1.89. The highest BCUT2D eigenvalue weighted by Gasteiger charge is 1.99. The van der Waals surface area contributed by atoms with Crippen LogP contribution in [0.4, 0.5) is 5.69 Å². The molecular formula is C18H19N3O. The smallest absolute Gasteiger partial charge is 0.115 e. The molecule has 22 heavy (non-hydrogen) atoms. The summed E-state index contributed by atoms with van der Waals surface area (Å²) in [6.45, 7) is 3.49. The van der Waals surface area contributed by atoms with E-state index in [-0.39, 0.29) is 5.76 Å². The zero-order valence-electron chi connectivity index (χ0n) is 12.2. The van der Waals surface area contributed by atoms with E-state index in [0.717, 1.165) is 11.3 Å². The summed E-state index contributed by atoms with van der Waals surface area (Å²) in [6, 6.07) is 16.8. The van der Waals surface area contributed by atoms with Crippen LogP contribution in [0.25, 0.3) is 11.5 Å². The lowest BCUT2D eigenvalue weighted by molar-refractivity contribution is 0.514. The molecule has 0 saturated carbocycles. The van der Waals surface area contributed by atoms with Gasteiger partial charge in [-0.25, -0.2) is 0 Å². The second-order valence-electron chi connectivity index (χ2n) is 4.76. The van der Waals surface area contributed by atoms with Crippen molar-refractivity contribution in [1.29, 1.82) is 0 Å². The van der Waals surface area contributed by atoms with Crippen molar-refractivity contribution >= 4 is 17.1 Å². The molecular weight excluding hydrogens is 274 g/mol. The van der Waals surface area contributed by atoms with E-state index >= 15 is 0 Å². The van der Waals surface area contributed by atoms with Gasteiger partial charge >= 0.3 is 0 Å². The Balaban J connectivity index is 2.10. The highest BCUT2D eigenvalue weighted by Crippen LogP contribution is 2.16. The van der Waals surface area contributed by atoms with Crippen LogP contribution in [0.5, 0.6) is 0 Å². The normalized spacial score (nSPS) is 12.0. The van der Waals surface area contributed by atoms with E-state index in [1.807, 2.05) is 36.4 Å². The van der Waals surface area contributed by atoms with Crippen LogP contribution in [0, 0.1) is 0 Å². The number of rotatable bonds is 5. The summed E-state index contributed by atoms with van der Waals surface area (Å²) in [4.78, 5) is 0. The van der Waals surface area contributed by atoms with Gasteiger partial charge in [0.1, 0.15) is 11.6 Å². The van der Waals surface area contributed by atoms with E-state index in [2.05, 4.69) is 11.9 Å². The van der Waals surface area contributed by atoms with Crippen LogP contribution in [-0.2, 0) is 0 Å². The topological polar surface area (TPSA) is 84.3 Å². The summed E-state index contributed by atoms with van der Waals surface area (Å²) in [5.41, 5.74) is 14.9. The maximum absolute atomic E-state index is 9.39. The minimum absolute atomic E-state index is 0.0134. The molecule has 112 valence electrons. The Kier molecular flexibility index (Phi) is 4.88. The van der Waals surface area contributed by atoms with Gasteiger partial charge in [-0.05, 0) is 29.8 Å². The molecule has 0 bridgehead atoms. The van der Waals surface area contributed by atoms with Gasteiger partial charge in [-0.15, -0.1) is 0 Å². The van der Waals surface area contributed by atoms with Gasteiger partial charge < -0.3 is 21.9 Å². The summed E-state index contributed by atoms with van der Waals surface area (Å²) in [5, 5.41) is 12.4. The maximum atomic E-state index is 9.39. The second kappa shape index (κ2) is 7.04. The minimum atomic E-state index is 0.0134. The lowest BCUT2D eigenvalue weighted by Crippen LogP contribution is -2.09. The molecule has 2 aromatic carbocycles. The Morgan fingerprint density at radius 2 is 1.64 bits per heavy atom. The third kappa shape index (κ3) is 4.18. The van der Waals surface area contributed by atoms with Crippen molar-refractivity contribution in [3.05, 3.63) is 90.3 Å². The number of nitrogens with two attached hydrogens (primary N) is 2. The fourth-order valence-corrected chi connectivity index (χ4v) is 1.89. The first-order chi connectivity index (χ1) is 10.6. The third-order valence-corrected chi connectivity index (χ3v) is 3.03. The first-order valence-electron chi connectivity index (χ1n) is 6.80. The molecule has 2 aromatic rings. The maximum Gasteiger partial charge on any atom is 0.115 e. The van der Waals surface area contributed by atoms with Gasteiger partial charge in [0.05, 0.1) is 0 Å². The molecule has 0 aromatic heterocycles. The summed E-state index contributed by atoms with van der Waals surface area (Å²) in [5.74, 6) is 0.457. The van der Waals surface area contributed by atoms with Crippen molar-refractivity contribution in [2.45, 2.75) is 0 Å². The van der Waals surface area contributed by atoms with E-state index in [0.29, 0.717) is 17.1 Å². The van der Waals surface area contributed by atoms with Gasteiger partial charge in [0.25, 0.3) is 0 Å². The van der Waals surface area contributed by atoms with Gasteiger partial charge in [-0.2, -0.15) is 0 Å². The first-order valence-corrected chi connectivity index (χ1v) is 6.80. The predicted molar refractivity (Wildman–Crippen MR) is 92.6 cm³/mol. The lowest BCUT2D eigenvalue weighted by atomic mass is 10.1. The molecule has 0 spiro atoms. The summed E-state index contributed by atoms with van der Waals surface area (Å²) < 4.78 is 0. The van der Waals surface area contributed by atoms with Crippen molar-refractivity contribution in [1.82, 2.24) is 0 Å². The van der Waals surface area contributed by atoms with Crippen LogP contribution < -0.4 is 16.8 Å². The van der Waals surface area contributed by atoms with Crippen LogP contribution in [-0.4, -0.2) is 5.11 Å². The first kappa shape index (κ1) is 15.3. The molecule has 0 radical (unpaired) electrons. The number of anilines is 1. The number of allylic oxidation sites excluding steroid dienone is 2. The Hall–Kier alpha value is -3.14. The van der Waals surface area contributed by atoms with Crippen molar-refractivity contribution in [2.24, 2.45) is 11.5 Å². The van der Waals surface area contributed by atoms with Crippen molar-refractivity contribution in [3.63, 3.8) is 0 Å². The van der Waals surface area contributed by atoms with Gasteiger partial charge in [0.2, 0.25) is 0 Å². The molecule has 4 nitrogen and oxygen atoms in total. The van der Waals surface area contributed by atoms with Crippen molar-refractivity contribution in [2.75, 3.05) is 5.32 Å². The van der Waals surface area contributed by atoms with Crippen LogP contribution in [0.2, 0.25) is 0 Å². The number of hydrogen-bond acceptors (Lipinski definition) is 4. The van der Waals surface area contributed by atoms with Crippen molar-refractivity contribution < 1.29 is 5.11 Å². The zero-order chi connectivity index (χ0) is 15.9. The molecule has 6 N–H and O–H groups in total. The number of nitrogens with one attached hydrogen (secondary N) is 1. The Labute approximate surface area is 130 Å². The van der Waals surface area contributed by atoms with E-state index < -0.39 is 0 Å². The Morgan fingerprint density at radius 3 is 2.32 bits per heavy atom. The van der Waals surface area contributed by atoms with E-state index in [4.69, 9.17) is 11.5 Å². The van der Waals surface area contributed by atoms with E-state index in [1.54, 1.807) is 30.4 Å². The van der Waals surface area contributed by atoms with E-state index in [9.17, 15) is 5.11 Å². The number of benzene rings is 2. The van der Waals surface area contributed by atoms with Crippen molar-refractivity contribution in [3.8, 4) is 0 Å². The van der Waals surface area contributed by atoms with Gasteiger partial charge in [0.15, 0.2) is 0 Å². The zero-order valence-corrected chi connectivity index (χ0v) is 12.2. The average molecular weight is 293 g/mol. The molecule has 0 amide bonds. The molecule has 0 atom stereocenters. The largest absolute Gasteiger partial charge is 0.508 e. The van der Waals surface area contributed by atoms with Crippen LogP contribution in [0.1, 0.15) is 11.1 Å². The molecule has 0 fully saturated rings. The van der Waals surface area contributed by atoms with Gasteiger partial charge in [-0.3, -0.25) is 0 Å². The third-order valence-electron chi connectivity index (χ3n) is 3.03. The van der Waals surface area contributed by atoms with Crippen LogP contribution in [0.15, 0.2) is 79.1 Å². The molecule has 0 heterocycles. The lowest BCUT2D eigenvalue weighted by Gasteiger charge is -2.08. The number of aliphatic hydroxyl groups is 1. The van der Waals surface area contributed by atoms with Crippen LogP contribution >= 0.6 is 0 Å². The van der Waals surface area contributed by atoms with Crippen LogP contribution in [0.3, 0.4) is 0 Å². The molecule has 2 rings (SSSR count). The molecule has 0 unspecified atom stereocenters. The highest BCUT2D eigenvalue weighted by molar-refractivity contribution is 5.65. The molecule has 0 aliphatic carbocycles. The van der Waals surface area contributed by atoms with E-state index in [1.165, 1.54) is 0 Å². The van der Waals surface area contributed by atoms with Gasteiger partial charge in [0, 0.05) is 16.9 Å². The summed E-state index contributed by atoms with van der Waals surface area (Å²) in [6.07, 6.45) is 3.44. The average Bonchev–Trinajstić information content (AvgIpc) is 2.53. The fraction of sp³-hybridized carbons (Fsp3) is 0. The summed E-state index contributed by atoms with van der Waals surface area (Å²) >= 11 is 0. The minimum Gasteiger partial charge on any atom is -0.508 e. The molecule has 0 aliphatic rings. The number of hydrogen-bond donors (Lipinski definition) is 4. The van der Waals surface area contributed by atoms with Gasteiger partial charge in [-0.1, -0.05) is 49.0 Å². The molecule has 0 aliphatic heterocycles. The molecule has 4 heteroatoms. The SMILES string of the molecule is C=C(O)c1cccc(N/C(N)=C/C=C(\N)c2ccccc2)c1. The quantitative estimate of drug-likeness (QED) is 0.502. The Morgan fingerprint density at radius 1 is 0.955 bits per heavy atom. The second-order valence-corrected chi connectivity index (χ2v) is 4.76.